The van der Waals surface area contributed by atoms with Gasteiger partial charge >= 0.3 is 0 Å². The lowest BCUT2D eigenvalue weighted by atomic mass is 10.0. The minimum Gasteiger partial charge on any atom is -0.231 e. The molecule has 0 bridgehead atoms. The Labute approximate surface area is 55.0 Å². The summed E-state index contributed by atoms with van der Waals surface area (Å²) in [5, 5.41) is 0. The first-order valence-corrected chi connectivity index (χ1v) is 2.54. The van der Waals surface area contributed by atoms with Gasteiger partial charge in [-0.05, 0) is 6.92 Å². The van der Waals surface area contributed by atoms with Crippen molar-refractivity contribution >= 4 is 0 Å². The van der Waals surface area contributed by atoms with Crippen molar-refractivity contribution in [2.45, 2.75) is 31.9 Å². The highest BCUT2D eigenvalue weighted by atomic mass is 19.3. The highest BCUT2D eigenvalue weighted by Gasteiger charge is 2.54. The maximum Gasteiger partial charge on any atom is 0.284 e. The van der Waals surface area contributed by atoms with E-state index < -0.39 is 18.0 Å². The van der Waals surface area contributed by atoms with Gasteiger partial charge in [0.15, 0.2) is 0 Å². The summed E-state index contributed by atoms with van der Waals surface area (Å²) in [7, 11) is 0. The van der Waals surface area contributed by atoms with E-state index in [1.807, 2.05) is 0 Å². The number of hydrogen-bond acceptors (Lipinski definition) is 0. The molecule has 0 aromatic carbocycles. The van der Waals surface area contributed by atoms with Crippen LogP contribution in [-0.4, -0.2) is 18.0 Å². The average Bonchev–Trinajstić information content (AvgIpc) is 1.62. The molecule has 0 fully saturated rings. The third-order valence-electron chi connectivity index (χ3n) is 1.27. The molecule has 0 saturated carbocycles. The molecule has 0 rings (SSSR count). The van der Waals surface area contributed by atoms with Crippen molar-refractivity contribution in [3.05, 3.63) is 0 Å². The summed E-state index contributed by atoms with van der Waals surface area (Å²) in [4.78, 5) is 0. The second-order valence-electron chi connectivity index (χ2n) is 2.26. The van der Waals surface area contributed by atoms with Crippen molar-refractivity contribution < 1.29 is 22.0 Å². The predicted molar refractivity (Wildman–Crippen MR) is 26.1 cm³/mol. The SMILES string of the molecule is CC(F)(F)C(C)(F)C(F)F. The molecule has 0 aromatic heterocycles. The first-order valence-electron chi connectivity index (χ1n) is 2.54. The first kappa shape index (κ1) is 9.65. The Balaban J connectivity index is 4.40. The number of rotatable bonds is 2. The summed E-state index contributed by atoms with van der Waals surface area (Å²) >= 11 is 0. The third kappa shape index (κ3) is 1.58. The predicted octanol–water partition coefficient (Wildman–Crippen LogP) is 2.63. The monoisotopic (exact) mass is 162 g/mol. The molecule has 0 nitrogen and oxygen atoms in total. The Morgan fingerprint density at radius 1 is 1.00 bits per heavy atom. The molecule has 5 heteroatoms. The zero-order valence-corrected chi connectivity index (χ0v) is 5.47. The van der Waals surface area contributed by atoms with Crippen LogP contribution < -0.4 is 0 Å². The molecule has 10 heavy (non-hydrogen) atoms. The van der Waals surface area contributed by atoms with E-state index in [0.29, 0.717) is 0 Å². The van der Waals surface area contributed by atoms with Crippen molar-refractivity contribution in [2.75, 3.05) is 0 Å². The molecule has 0 aliphatic heterocycles. The van der Waals surface area contributed by atoms with Crippen LogP contribution in [0.5, 0.6) is 0 Å². The second kappa shape index (κ2) is 2.36. The molecule has 62 valence electrons. The van der Waals surface area contributed by atoms with E-state index >= 15 is 0 Å². The lowest BCUT2D eigenvalue weighted by molar-refractivity contribution is -0.177. The van der Waals surface area contributed by atoms with Crippen molar-refractivity contribution in [3.8, 4) is 0 Å². The summed E-state index contributed by atoms with van der Waals surface area (Å²) in [6.07, 6.45) is -3.66. The minimum absolute atomic E-state index is 0.124. The summed E-state index contributed by atoms with van der Waals surface area (Å²) < 4.78 is 58.9. The molecule has 0 amide bonds. The van der Waals surface area contributed by atoms with E-state index in [9.17, 15) is 22.0 Å². The van der Waals surface area contributed by atoms with Crippen LogP contribution in [0.3, 0.4) is 0 Å². The Morgan fingerprint density at radius 3 is 1.30 bits per heavy atom. The Kier molecular flexibility index (Phi) is 2.28. The van der Waals surface area contributed by atoms with Gasteiger partial charge in [-0.2, -0.15) is 0 Å². The average molecular weight is 162 g/mol. The normalized spacial score (nSPS) is 19.2. The molecule has 0 spiro atoms. The van der Waals surface area contributed by atoms with Crippen LogP contribution >= 0.6 is 0 Å². The van der Waals surface area contributed by atoms with Crippen LogP contribution in [0.2, 0.25) is 0 Å². The number of alkyl halides is 5. The number of hydrogen-bond donors (Lipinski definition) is 0. The van der Waals surface area contributed by atoms with Crippen molar-refractivity contribution in [1.29, 1.82) is 0 Å². The molecule has 0 radical (unpaired) electrons. The lowest BCUT2D eigenvalue weighted by Crippen LogP contribution is -2.45. The quantitative estimate of drug-likeness (QED) is 0.547. The van der Waals surface area contributed by atoms with Gasteiger partial charge in [0.05, 0.1) is 0 Å². The van der Waals surface area contributed by atoms with Gasteiger partial charge in [-0.15, -0.1) is 0 Å². The number of halogens is 5. The van der Waals surface area contributed by atoms with Gasteiger partial charge in [-0.25, -0.2) is 22.0 Å². The maximum atomic E-state index is 12.2. The molecule has 0 aromatic rings. The van der Waals surface area contributed by atoms with E-state index in [1.54, 1.807) is 0 Å². The summed E-state index contributed by atoms with van der Waals surface area (Å²) in [6.45, 7) is 0.302. The largest absolute Gasteiger partial charge is 0.284 e. The lowest BCUT2D eigenvalue weighted by Gasteiger charge is -2.25. The summed E-state index contributed by atoms with van der Waals surface area (Å²) in [5.74, 6) is -4.00. The van der Waals surface area contributed by atoms with Crippen LogP contribution in [0.15, 0.2) is 0 Å². The highest BCUT2D eigenvalue weighted by Crippen LogP contribution is 2.36. The molecule has 0 N–H and O–H groups in total. The molecule has 1 unspecified atom stereocenters. The van der Waals surface area contributed by atoms with Gasteiger partial charge in [0.25, 0.3) is 12.3 Å². The van der Waals surface area contributed by atoms with Gasteiger partial charge in [0.1, 0.15) is 0 Å². The minimum atomic E-state index is -4.00. The highest BCUT2D eigenvalue weighted by molar-refractivity contribution is 4.88. The second-order valence-corrected chi connectivity index (χ2v) is 2.26. The van der Waals surface area contributed by atoms with Crippen LogP contribution in [0.25, 0.3) is 0 Å². The smallest absolute Gasteiger partial charge is 0.231 e. The fraction of sp³-hybridized carbons (Fsp3) is 1.00. The summed E-state index contributed by atoms with van der Waals surface area (Å²) in [5.41, 5.74) is -3.73. The molecule has 0 aliphatic carbocycles. The fourth-order valence-electron chi connectivity index (χ4n) is 0.192. The summed E-state index contributed by atoms with van der Waals surface area (Å²) in [6, 6.07) is 0. The van der Waals surface area contributed by atoms with Crippen LogP contribution in [0, 0.1) is 0 Å². The molecule has 0 aliphatic rings. The zero-order valence-electron chi connectivity index (χ0n) is 5.47. The molecule has 0 saturated heterocycles. The molecular formula is C5H7F5. The van der Waals surface area contributed by atoms with Gasteiger partial charge < -0.3 is 0 Å². The maximum absolute atomic E-state index is 12.2. The van der Waals surface area contributed by atoms with E-state index in [2.05, 4.69) is 0 Å². The Hall–Kier alpha value is -0.350. The molecule has 1 atom stereocenters. The Morgan fingerprint density at radius 2 is 1.30 bits per heavy atom. The zero-order chi connectivity index (χ0) is 8.58. The van der Waals surface area contributed by atoms with Gasteiger partial charge in [-0.1, -0.05) is 0 Å². The molecular weight excluding hydrogens is 155 g/mol. The first-order chi connectivity index (χ1) is 4.19. The van der Waals surface area contributed by atoms with Gasteiger partial charge in [0, 0.05) is 6.92 Å². The Bertz CT molecular complexity index is 112. The van der Waals surface area contributed by atoms with Gasteiger partial charge in [0.2, 0.25) is 5.67 Å². The van der Waals surface area contributed by atoms with E-state index in [4.69, 9.17) is 0 Å². The van der Waals surface area contributed by atoms with Crippen molar-refractivity contribution in [1.82, 2.24) is 0 Å². The topological polar surface area (TPSA) is 0 Å². The van der Waals surface area contributed by atoms with Gasteiger partial charge in [-0.3, -0.25) is 0 Å². The van der Waals surface area contributed by atoms with E-state index in [1.165, 1.54) is 0 Å². The van der Waals surface area contributed by atoms with Crippen LogP contribution in [-0.2, 0) is 0 Å². The van der Waals surface area contributed by atoms with Crippen molar-refractivity contribution in [3.63, 3.8) is 0 Å². The van der Waals surface area contributed by atoms with Crippen LogP contribution in [0.4, 0.5) is 22.0 Å². The third-order valence-corrected chi connectivity index (χ3v) is 1.27. The fourth-order valence-corrected chi connectivity index (χ4v) is 0.192. The van der Waals surface area contributed by atoms with Crippen molar-refractivity contribution in [2.24, 2.45) is 0 Å². The van der Waals surface area contributed by atoms with E-state index in [0.717, 1.165) is 0 Å². The van der Waals surface area contributed by atoms with E-state index in [-0.39, 0.29) is 13.8 Å². The standard InChI is InChI=1S/C5H7F5/c1-4(8,3(6)7)5(2,9)10/h3H,1-2H3. The van der Waals surface area contributed by atoms with Crippen LogP contribution in [0.1, 0.15) is 13.8 Å². The molecule has 0 heterocycles.